The maximum atomic E-state index is 11.9. The molecule has 1 fully saturated rings. The van der Waals surface area contributed by atoms with Crippen molar-refractivity contribution in [2.45, 2.75) is 32.2 Å². The summed E-state index contributed by atoms with van der Waals surface area (Å²) in [5.74, 6) is 0.0306. The minimum atomic E-state index is 0.0306. The molecular formula is C17H21N3O. The van der Waals surface area contributed by atoms with Gasteiger partial charge in [0.05, 0.1) is 23.4 Å². The molecule has 0 aliphatic carbocycles. The van der Waals surface area contributed by atoms with Gasteiger partial charge in [0.15, 0.2) is 0 Å². The molecule has 1 aliphatic rings. The van der Waals surface area contributed by atoms with E-state index < -0.39 is 0 Å². The SMILES string of the molecule is C=CC(=O)N1CCCC[C@H](n2cnc3cccc(C)c32)C1. The van der Waals surface area contributed by atoms with E-state index in [0.717, 1.165) is 37.9 Å². The van der Waals surface area contributed by atoms with Crippen LogP contribution in [0.5, 0.6) is 0 Å². The van der Waals surface area contributed by atoms with Gasteiger partial charge in [0, 0.05) is 13.1 Å². The van der Waals surface area contributed by atoms with E-state index in [1.54, 1.807) is 0 Å². The molecule has 4 heteroatoms. The third-order valence-corrected chi connectivity index (χ3v) is 4.32. The van der Waals surface area contributed by atoms with Crippen molar-refractivity contribution in [1.82, 2.24) is 14.5 Å². The number of imidazole rings is 1. The highest BCUT2D eigenvalue weighted by Crippen LogP contribution is 2.27. The number of aromatic nitrogens is 2. The Balaban J connectivity index is 1.97. The van der Waals surface area contributed by atoms with Gasteiger partial charge in [-0.2, -0.15) is 0 Å². The van der Waals surface area contributed by atoms with Crippen molar-refractivity contribution in [3.63, 3.8) is 0 Å². The van der Waals surface area contributed by atoms with Gasteiger partial charge >= 0.3 is 0 Å². The summed E-state index contributed by atoms with van der Waals surface area (Å²) in [7, 11) is 0. The van der Waals surface area contributed by atoms with E-state index in [1.807, 2.05) is 23.4 Å². The Bertz CT molecular complexity index is 674. The number of fused-ring (bicyclic) bond motifs is 1. The van der Waals surface area contributed by atoms with Crippen LogP contribution >= 0.6 is 0 Å². The molecule has 0 radical (unpaired) electrons. The van der Waals surface area contributed by atoms with Crippen LogP contribution in [0.3, 0.4) is 0 Å². The number of rotatable bonds is 2. The maximum Gasteiger partial charge on any atom is 0.246 e. The number of benzene rings is 1. The predicted molar refractivity (Wildman–Crippen MR) is 84.1 cm³/mol. The molecule has 1 aliphatic heterocycles. The van der Waals surface area contributed by atoms with Crippen LogP contribution < -0.4 is 0 Å². The highest BCUT2D eigenvalue weighted by Gasteiger charge is 2.23. The Morgan fingerprint density at radius 3 is 3.10 bits per heavy atom. The van der Waals surface area contributed by atoms with Gasteiger partial charge in [0.25, 0.3) is 0 Å². The number of para-hydroxylation sites is 1. The van der Waals surface area contributed by atoms with Crippen LogP contribution in [-0.2, 0) is 4.79 Å². The van der Waals surface area contributed by atoms with Crippen LogP contribution in [-0.4, -0.2) is 33.4 Å². The fourth-order valence-corrected chi connectivity index (χ4v) is 3.22. The average molecular weight is 283 g/mol. The molecule has 3 rings (SSSR count). The number of amides is 1. The van der Waals surface area contributed by atoms with Crippen molar-refractivity contribution >= 4 is 16.9 Å². The van der Waals surface area contributed by atoms with Gasteiger partial charge in [-0.3, -0.25) is 4.79 Å². The van der Waals surface area contributed by atoms with E-state index in [2.05, 4.69) is 29.1 Å². The Morgan fingerprint density at radius 1 is 1.43 bits per heavy atom. The Labute approximate surface area is 125 Å². The summed E-state index contributed by atoms with van der Waals surface area (Å²) in [6, 6.07) is 6.49. The molecule has 0 saturated carbocycles. The number of likely N-dealkylation sites (tertiary alicyclic amines) is 1. The van der Waals surface area contributed by atoms with E-state index >= 15 is 0 Å². The summed E-state index contributed by atoms with van der Waals surface area (Å²) in [6.07, 6.45) is 6.61. The lowest BCUT2D eigenvalue weighted by Crippen LogP contribution is -2.34. The maximum absolute atomic E-state index is 11.9. The fraction of sp³-hybridized carbons (Fsp3) is 0.412. The molecule has 110 valence electrons. The van der Waals surface area contributed by atoms with Gasteiger partial charge in [0.2, 0.25) is 5.91 Å². The van der Waals surface area contributed by atoms with Crippen molar-refractivity contribution in [2.75, 3.05) is 13.1 Å². The first-order chi connectivity index (χ1) is 10.2. The van der Waals surface area contributed by atoms with Crippen molar-refractivity contribution < 1.29 is 4.79 Å². The standard InChI is InChI=1S/C17H21N3O/c1-3-16(21)19-10-5-4-8-14(11-19)20-12-18-15-9-6-7-13(2)17(15)20/h3,6-7,9,12,14H,1,4-5,8,10-11H2,2H3/t14-/m0/s1. The minimum Gasteiger partial charge on any atom is -0.337 e. The van der Waals surface area contributed by atoms with Crippen LogP contribution in [0.15, 0.2) is 37.2 Å². The second-order valence-electron chi connectivity index (χ2n) is 5.73. The largest absolute Gasteiger partial charge is 0.337 e. The lowest BCUT2D eigenvalue weighted by atomic mass is 10.1. The lowest BCUT2D eigenvalue weighted by Gasteiger charge is -2.25. The van der Waals surface area contributed by atoms with Crippen molar-refractivity contribution in [3.05, 3.63) is 42.7 Å². The minimum absolute atomic E-state index is 0.0306. The average Bonchev–Trinajstić information content (AvgIpc) is 2.78. The van der Waals surface area contributed by atoms with Crippen LogP contribution in [0, 0.1) is 6.92 Å². The molecule has 0 spiro atoms. The molecule has 0 bridgehead atoms. The third-order valence-electron chi connectivity index (χ3n) is 4.32. The predicted octanol–water partition coefficient (Wildman–Crippen LogP) is 3.08. The zero-order chi connectivity index (χ0) is 14.8. The molecule has 1 amide bonds. The smallest absolute Gasteiger partial charge is 0.246 e. The van der Waals surface area contributed by atoms with Gasteiger partial charge in [-0.25, -0.2) is 4.98 Å². The number of carbonyl (C=O) groups excluding carboxylic acids is 1. The van der Waals surface area contributed by atoms with Gasteiger partial charge in [0.1, 0.15) is 0 Å². The first-order valence-electron chi connectivity index (χ1n) is 7.54. The second-order valence-corrected chi connectivity index (χ2v) is 5.73. The van der Waals surface area contributed by atoms with Crippen LogP contribution in [0.25, 0.3) is 11.0 Å². The molecule has 0 unspecified atom stereocenters. The Kier molecular flexibility index (Phi) is 3.78. The monoisotopic (exact) mass is 283 g/mol. The molecule has 0 N–H and O–H groups in total. The molecule has 21 heavy (non-hydrogen) atoms. The molecule has 2 aromatic rings. The van der Waals surface area contributed by atoms with E-state index in [-0.39, 0.29) is 5.91 Å². The lowest BCUT2D eigenvalue weighted by molar-refractivity contribution is -0.126. The number of hydrogen-bond acceptors (Lipinski definition) is 2. The van der Waals surface area contributed by atoms with Crippen molar-refractivity contribution in [1.29, 1.82) is 0 Å². The Hall–Kier alpha value is -2.10. The topological polar surface area (TPSA) is 38.1 Å². The molecule has 4 nitrogen and oxygen atoms in total. The van der Waals surface area contributed by atoms with Gasteiger partial charge < -0.3 is 9.47 Å². The number of nitrogens with zero attached hydrogens (tertiary/aromatic N) is 3. The Morgan fingerprint density at radius 2 is 2.29 bits per heavy atom. The normalized spacial score (nSPS) is 19.5. The zero-order valence-corrected chi connectivity index (χ0v) is 12.5. The summed E-state index contributed by atoms with van der Waals surface area (Å²) in [6.45, 7) is 7.29. The summed E-state index contributed by atoms with van der Waals surface area (Å²) in [4.78, 5) is 18.4. The van der Waals surface area contributed by atoms with E-state index in [1.165, 1.54) is 17.2 Å². The summed E-state index contributed by atoms with van der Waals surface area (Å²) >= 11 is 0. The van der Waals surface area contributed by atoms with Gasteiger partial charge in [-0.1, -0.05) is 18.7 Å². The van der Waals surface area contributed by atoms with Gasteiger partial charge in [-0.15, -0.1) is 0 Å². The molecule has 1 aromatic carbocycles. The van der Waals surface area contributed by atoms with Crippen molar-refractivity contribution in [3.8, 4) is 0 Å². The van der Waals surface area contributed by atoms with Crippen LogP contribution in [0.4, 0.5) is 0 Å². The number of aryl methyl sites for hydroxylation is 1. The van der Waals surface area contributed by atoms with Crippen molar-refractivity contribution in [2.24, 2.45) is 0 Å². The fourth-order valence-electron chi connectivity index (χ4n) is 3.22. The van der Waals surface area contributed by atoms with Crippen LogP contribution in [0.1, 0.15) is 30.9 Å². The van der Waals surface area contributed by atoms with E-state index in [4.69, 9.17) is 0 Å². The quantitative estimate of drug-likeness (QED) is 0.794. The van der Waals surface area contributed by atoms with E-state index in [9.17, 15) is 4.79 Å². The zero-order valence-electron chi connectivity index (χ0n) is 12.5. The molecule has 1 saturated heterocycles. The third kappa shape index (κ3) is 2.58. The summed E-state index contributed by atoms with van der Waals surface area (Å²) in [5, 5.41) is 0. The highest BCUT2D eigenvalue weighted by atomic mass is 16.2. The molecular weight excluding hydrogens is 262 g/mol. The highest BCUT2D eigenvalue weighted by molar-refractivity contribution is 5.87. The van der Waals surface area contributed by atoms with Crippen LogP contribution in [0.2, 0.25) is 0 Å². The molecule has 1 aromatic heterocycles. The number of hydrogen-bond donors (Lipinski definition) is 0. The summed E-state index contributed by atoms with van der Waals surface area (Å²) < 4.78 is 2.25. The first-order valence-corrected chi connectivity index (χ1v) is 7.54. The first kappa shape index (κ1) is 13.9. The second kappa shape index (κ2) is 5.72. The van der Waals surface area contributed by atoms with E-state index in [0.29, 0.717) is 6.04 Å². The number of carbonyl (C=O) groups is 1. The molecule has 2 heterocycles. The summed E-state index contributed by atoms with van der Waals surface area (Å²) in [5.41, 5.74) is 3.45. The van der Waals surface area contributed by atoms with Gasteiger partial charge in [-0.05, 0) is 43.9 Å². The molecule has 1 atom stereocenters.